The molecule has 0 aromatic carbocycles. The summed E-state index contributed by atoms with van der Waals surface area (Å²) in [5.74, 6) is -0.665. The SMILES string of the molecule is NC(=O)COCCNc1ccc(C(N)=O)nn1. The van der Waals surface area contributed by atoms with Gasteiger partial charge in [-0.25, -0.2) is 0 Å². The van der Waals surface area contributed by atoms with Gasteiger partial charge in [-0.2, -0.15) is 0 Å². The van der Waals surface area contributed by atoms with Crippen LogP contribution in [-0.2, 0) is 9.53 Å². The predicted octanol–water partition coefficient (Wildman–Crippen LogP) is -1.51. The number of nitrogens with two attached hydrogens (primary N) is 2. The first-order valence-corrected chi connectivity index (χ1v) is 4.83. The van der Waals surface area contributed by atoms with Crippen molar-refractivity contribution in [2.24, 2.45) is 11.5 Å². The van der Waals surface area contributed by atoms with Crippen molar-refractivity contribution in [3.8, 4) is 0 Å². The van der Waals surface area contributed by atoms with Crippen LogP contribution in [0.5, 0.6) is 0 Å². The maximum atomic E-state index is 10.7. The van der Waals surface area contributed by atoms with Crippen molar-refractivity contribution < 1.29 is 14.3 Å². The van der Waals surface area contributed by atoms with Gasteiger partial charge in [0, 0.05) is 6.54 Å². The number of rotatable bonds is 7. The largest absolute Gasteiger partial charge is 0.370 e. The Kier molecular flexibility index (Phi) is 4.82. The summed E-state index contributed by atoms with van der Waals surface area (Å²) in [7, 11) is 0. The molecule has 8 heteroatoms. The molecule has 0 saturated carbocycles. The molecule has 1 aromatic heterocycles. The van der Waals surface area contributed by atoms with Gasteiger partial charge >= 0.3 is 0 Å². The number of nitrogens with zero attached hydrogens (tertiary/aromatic N) is 2. The minimum absolute atomic E-state index is 0.0977. The highest BCUT2D eigenvalue weighted by Crippen LogP contribution is 2.00. The lowest BCUT2D eigenvalue weighted by molar-refractivity contribution is -0.122. The van der Waals surface area contributed by atoms with Crippen LogP contribution in [-0.4, -0.2) is 41.8 Å². The average molecular weight is 239 g/mol. The van der Waals surface area contributed by atoms with Gasteiger partial charge in [-0.1, -0.05) is 0 Å². The minimum atomic E-state index is -0.631. The standard InChI is InChI=1S/C9H13N5O3/c10-7(15)5-17-4-3-12-8-2-1-6(9(11)16)13-14-8/h1-2H,3-5H2,(H2,10,15)(H2,11,16)(H,12,14). The Bertz CT molecular complexity index is 392. The molecule has 0 bridgehead atoms. The van der Waals surface area contributed by atoms with E-state index in [1.165, 1.54) is 6.07 Å². The van der Waals surface area contributed by atoms with Crippen LogP contribution in [0.1, 0.15) is 10.5 Å². The topological polar surface area (TPSA) is 133 Å². The third-order valence-corrected chi connectivity index (χ3v) is 1.71. The molecule has 8 nitrogen and oxygen atoms in total. The molecule has 0 saturated heterocycles. The van der Waals surface area contributed by atoms with E-state index in [0.29, 0.717) is 19.0 Å². The zero-order valence-electron chi connectivity index (χ0n) is 9.05. The Morgan fingerprint density at radius 3 is 2.59 bits per heavy atom. The molecule has 0 radical (unpaired) electrons. The lowest BCUT2D eigenvalue weighted by atomic mass is 10.4. The van der Waals surface area contributed by atoms with E-state index in [2.05, 4.69) is 15.5 Å². The molecule has 0 fully saturated rings. The third-order valence-electron chi connectivity index (χ3n) is 1.71. The second kappa shape index (κ2) is 6.38. The van der Waals surface area contributed by atoms with Crippen LogP contribution in [0.15, 0.2) is 12.1 Å². The number of primary amides is 2. The van der Waals surface area contributed by atoms with Crippen LogP contribution in [0.3, 0.4) is 0 Å². The number of carbonyl (C=O) groups is 2. The van der Waals surface area contributed by atoms with E-state index >= 15 is 0 Å². The van der Waals surface area contributed by atoms with Gasteiger partial charge in [0.25, 0.3) is 5.91 Å². The quantitative estimate of drug-likeness (QED) is 0.495. The summed E-state index contributed by atoms with van der Waals surface area (Å²) in [6.45, 7) is 0.633. The van der Waals surface area contributed by atoms with Crippen molar-refractivity contribution in [1.82, 2.24) is 10.2 Å². The molecule has 1 rings (SSSR count). The van der Waals surface area contributed by atoms with Gasteiger partial charge in [0.05, 0.1) is 6.61 Å². The van der Waals surface area contributed by atoms with Crippen LogP contribution in [0.4, 0.5) is 5.82 Å². The van der Waals surface area contributed by atoms with Gasteiger partial charge in [-0.15, -0.1) is 10.2 Å². The Labute approximate surface area is 97.3 Å². The first kappa shape index (κ1) is 12.8. The number of aromatic nitrogens is 2. The third kappa shape index (κ3) is 4.89. The first-order chi connectivity index (χ1) is 8.09. The van der Waals surface area contributed by atoms with Crippen molar-refractivity contribution in [2.75, 3.05) is 25.1 Å². The fourth-order valence-corrected chi connectivity index (χ4v) is 0.982. The van der Waals surface area contributed by atoms with Crippen LogP contribution in [0.25, 0.3) is 0 Å². The maximum Gasteiger partial charge on any atom is 0.269 e. The lowest BCUT2D eigenvalue weighted by Gasteiger charge is -2.04. The van der Waals surface area contributed by atoms with Gasteiger partial charge in [-0.3, -0.25) is 9.59 Å². The molecule has 0 spiro atoms. The molecular weight excluding hydrogens is 226 g/mol. The number of anilines is 1. The summed E-state index contributed by atoms with van der Waals surface area (Å²) < 4.78 is 4.92. The Hall–Kier alpha value is -2.22. The molecule has 0 aliphatic carbocycles. The molecule has 0 atom stereocenters. The van der Waals surface area contributed by atoms with Crippen molar-refractivity contribution in [3.63, 3.8) is 0 Å². The van der Waals surface area contributed by atoms with Crippen molar-refractivity contribution in [1.29, 1.82) is 0 Å². The molecule has 1 aromatic rings. The summed E-state index contributed by atoms with van der Waals surface area (Å²) in [5.41, 5.74) is 9.98. The number of hydrogen-bond donors (Lipinski definition) is 3. The summed E-state index contributed by atoms with van der Waals surface area (Å²) in [5, 5.41) is 10.2. The molecule has 0 aliphatic heterocycles. The molecule has 0 aliphatic rings. The lowest BCUT2D eigenvalue weighted by Crippen LogP contribution is -2.21. The van der Waals surface area contributed by atoms with Crippen LogP contribution < -0.4 is 16.8 Å². The average Bonchev–Trinajstić information content (AvgIpc) is 2.29. The zero-order valence-corrected chi connectivity index (χ0v) is 9.05. The highest BCUT2D eigenvalue weighted by molar-refractivity contribution is 5.90. The zero-order chi connectivity index (χ0) is 12.7. The Morgan fingerprint density at radius 2 is 2.06 bits per heavy atom. The maximum absolute atomic E-state index is 10.7. The highest BCUT2D eigenvalue weighted by atomic mass is 16.5. The fraction of sp³-hybridized carbons (Fsp3) is 0.333. The van der Waals surface area contributed by atoms with Crippen LogP contribution in [0, 0.1) is 0 Å². The smallest absolute Gasteiger partial charge is 0.269 e. The van der Waals surface area contributed by atoms with E-state index in [-0.39, 0.29) is 12.3 Å². The molecule has 2 amide bonds. The highest BCUT2D eigenvalue weighted by Gasteiger charge is 2.02. The molecule has 92 valence electrons. The molecular formula is C9H13N5O3. The summed E-state index contributed by atoms with van der Waals surface area (Å²) in [6.07, 6.45) is 0. The minimum Gasteiger partial charge on any atom is -0.370 e. The van der Waals surface area contributed by atoms with E-state index < -0.39 is 11.8 Å². The second-order valence-electron chi connectivity index (χ2n) is 3.11. The summed E-state index contributed by atoms with van der Waals surface area (Å²) >= 11 is 0. The molecule has 17 heavy (non-hydrogen) atoms. The molecule has 1 heterocycles. The van der Waals surface area contributed by atoms with Crippen molar-refractivity contribution >= 4 is 17.6 Å². The van der Waals surface area contributed by atoms with E-state index in [0.717, 1.165) is 0 Å². The van der Waals surface area contributed by atoms with Crippen molar-refractivity contribution in [2.45, 2.75) is 0 Å². The number of nitrogens with one attached hydrogen (secondary N) is 1. The normalized spacial score (nSPS) is 9.88. The first-order valence-electron chi connectivity index (χ1n) is 4.83. The van der Waals surface area contributed by atoms with Gasteiger partial charge in [0.15, 0.2) is 5.69 Å². The number of amides is 2. The van der Waals surface area contributed by atoms with Gasteiger partial charge < -0.3 is 21.5 Å². The van der Waals surface area contributed by atoms with E-state index in [9.17, 15) is 9.59 Å². The van der Waals surface area contributed by atoms with E-state index in [1.54, 1.807) is 6.07 Å². The van der Waals surface area contributed by atoms with E-state index in [4.69, 9.17) is 16.2 Å². The molecule has 5 N–H and O–H groups in total. The van der Waals surface area contributed by atoms with E-state index in [1.807, 2.05) is 0 Å². The summed E-state index contributed by atoms with van der Waals surface area (Å²) in [6, 6.07) is 3.03. The van der Waals surface area contributed by atoms with Gasteiger partial charge in [0.1, 0.15) is 12.4 Å². The van der Waals surface area contributed by atoms with Crippen molar-refractivity contribution in [3.05, 3.63) is 17.8 Å². The van der Waals surface area contributed by atoms with Gasteiger partial charge in [0.2, 0.25) is 5.91 Å². The molecule has 0 unspecified atom stereocenters. The fourth-order valence-electron chi connectivity index (χ4n) is 0.982. The second-order valence-corrected chi connectivity index (χ2v) is 3.11. The summed E-state index contributed by atoms with van der Waals surface area (Å²) in [4.78, 5) is 21.1. The number of hydrogen-bond acceptors (Lipinski definition) is 6. The number of carbonyl (C=O) groups excluding carboxylic acids is 2. The monoisotopic (exact) mass is 239 g/mol. The Balaban J connectivity index is 2.27. The predicted molar refractivity (Wildman–Crippen MR) is 59.1 cm³/mol. The number of ether oxygens (including phenoxy) is 1. The Morgan fingerprint density at radius 1 is 1.29 bits per heavy atom. The van der Waals surface area contributed by atoms with Crippen LogP contribution in [0.2, 0.25) is 0 Å². The van der Waals surface area contributed by atoms with Gasteiger partial charge in [-0.05, 0) is 12.1 Å². The van der Waals surface area contributed by atoms with Crippen LogP contribution >= 0.6 is 0 Å².